The molecule has 0 unspecified atom stereocenters. The van der Waals surface area contributed by atoms with Gasteiger partial charge in [-0.25, -0.2) is 4.98 Å². The maximum Gasteiger partial charge on any atom is 0.259 e. The van der Waals surface area contributed by atoms with Crippen LogP contribution in [0.25, 0.3) is 16.4 Å². The molecular formula is C22H21N3O. The summed E-state index contributed by atoms with van der Waals surface area (Å²) >= 11 is 0. The lowest BCUT2D eigenvalue weighted by molar-refractivity contribution is 0.592. The first-order chi connectivity index (χ1) is 12.4. The predicted octanol–water partition coefficient (Wildman–Crippen LogP) is 4.89. The topological polar surface area (TPSA) is 46.4 Å². The van der Waals surface area contributed by atoms with Crippen molar-refractivity contribution < 1.29 is 0 Å². The van der Waals surface area contributed by atoms with Crippen LogP contribution in [-0.4, -0.2) is 9.38 Å². The summed E-state index contributed by atoms with van der Waals surface area (Å²) in [5.74, 6) is 0.558. The molecule has 4 rings (SSSR count). The van der Waals surface area contributed by atoms with Crippen LogP contribution in [0.4, 0.5) is 11.5 Å². The third-order valence-corrected chi connectivity index (χ3v) is 4.55. The SMILES string of the molecule is CC(C)(C)c1ccccc1Nc1cc(=O)n2ccc3ccccc3c2n1. The molecule has 0 amide bonds. The number of fused-ring (bicyclic) bond motifs is 3. The van der Waals surface area contributed by atoms with Gasteiger partial charge in [-0.3, -0.25) is 9.20 Å². The molecule has 2 aromatic carbocycles. The van der Waals surface area contributed by atoms with E-state index in [0.29, 0.717) is 11.5 Å². The Morgan fingerprint density at radius 2 is 1.69 bits per heavy atom. The van der Waals surface area contributed by atoms with Gasteiger partial charge >= 0.3 is 0 Å². The molecule has 0 aliphatic heterocycles. The van der Waals surface area contributed by atoms with Crippen molar-refractivity contribution >= 4 is 27.9 Å². The Kier molecular flexibility index (Phi) is 3.76. The van der Waals surface area contributed by atoms with Crippen LogP contribution in [0.1, 0.15) is 26.3 Å². The molecule has 2 heterocycles. The minimum atomic E-state index is -0.100. The Labute approximate surface area is 152 Å². The third-order valence-electron chi connectivity index (χ3n) is 4.55. The first-order valence-corrected chi connectivity index (χ1v) is 8.71. The van der Waals surface area contributed by atoms with E-state index in [1.54, 1.807) is 16.7 Å². The highest BCUT2D eigenvalue weighted by Gasteiger charge is 2.18. The molecule has 0 aliphatic carbocycles. The second kappa shape index (κ2) is 5.99. The molecular weight excluding hydrogens is 322 g/mol. The normalized spacial score (nSPS) is 11.8. The molecule has 4 aromatic rings. The summed E-state index contributed by atoms with van der Waals surface area (Å²) < 4.78 is 1.59. The van der Waals surface area contributed by atoms with Gasteiger partial charge in [-0.05, 0) is 28.5 Å². The first kappa shape index (κ1) is 16.3. The monoisotopic (exact) mass is 343 g/mol. The van der Waals surface area contributed by atoms with Gasteiger partial charge in [0.05, 0.1) is 0 Å². The van der Waals surface area contributed by atoms with Crippen LogP contribution in [0.3, 0.4) is 0 Å². The van der Waals surface area contributed by atoms with Gasteiger partial charge in [-0.1, -0.05) is 63.2 Å². The first-order valence-electron chi connectivity index (χ1n) is 8.71. The highest BCUT2D eigenvalue weighted by atomic mass is 16.1. The molecule has 0 fully saturated rings. The smallest absolute Gasteiger partial charge is 0.259 e. The van der Waals surface area contributed by atoms with Crippen LogP contribution < -0.4 is 10.9 Å². The standard InChI is InChI=1S/C22H21N3O/c1-22(2,3)17-10-6-7-11-18(17)23-19-14-20(26)25-13-12-15-8-4-5-9-16(15)21(25)24-19/h4-14,23H,1-3H3. The largest absolute Gasteiger partial charge is 0.340 e. The van der Waals surface area contributed by atoms with E-state index in [4.69, 9.17) is 4.98 Å². The predicted molar refractivity (Wildman–Crippen MR) is 107 cm³/mol. The van der Waals surface area contributed by atoms with Crippen molar-refractivity contribution in [3.05, 3.63) is 82.8 Å². The Bertz CT molecular complexity index is 1170. The number of aromatic nitrogens is 2. The van der Waals surface area contributed by atoms with E-state index < -0.39 is 0 Å². The summed E-state index contributed by atoms with van der Waals surface area (Å²) in [6, 6.07) is 19.6. The number of benzene rings is 2. The van der Waals surface area contributed by atoms with Crippen LogP contribution in [-0.2, 0) is 5.41 Å². The number of pyridine rings is 1. The van der Waals surface area contributed by atoms with Crippen molar-refractivity contribution in [1.82, 2.24) is 9.38 Å². The summed E-state index contributed by atoms with van der Waals surface area (Å²) in [7, 11) is 0. The van der Waals surface area contributed by atoms with Gasteiger partial charge in [0.1, 0.15) is 11.5 Å². The van der Waals surface area contributed by atoms with Gasteiger partial charge < -0.3 is 5.32 Å². The summed E-state index contributed by atoms with van der Waals surface area (Å²) in [6.07, 6.45) is 1.78. The molecule has 4 heteroatoms. The Morgan fingerprint density at radius 1 is 0.962 bits per heavy atom. The van der Waals surface area contributed by atoms with Crippen LogP contribution in [0, 0.1) is 0 Å². The lowest BCUT2D eigenvalue weighted by atomic mass is 9.86. The van der Waals surface area contributed by atoms with Crippen LogP contribution >= 0.6 is 0 Å². The lowest BCUT2D eigenvalue weighted by Gasteiger charge is -2.23. The van der Waals surface area contributed by atoms with Gasteiger partial charge in [0.25, 0.3) is 5.56 Å². The van der Waals surface area contributed by atoms with Crippen molar-refractivity contribution in [2.45, 2.75) is 26.2 Å². The van der Waals surface area contributed by atoms with E-state index >= 15 is 0 Å². The number of para-hydroxylation sites is 1. The number of anilines is 2. The number of nitrogens with zero attached hydrogens (tertiary/aromatic N) is 2. The van der Waals surface area contributed by atoms with Crippen molar-refractivity contribution in [2.24, 2.45) is 0 Å². The minimum absolute atomic E-state index is 0.0117. The quantitative estimate of drug-likeness (QED) is 0.527. The molecule has 26 heavy (non-hydrogen) atoms. The highest BCUT2D eigenvalue weighted by Crippen LogP contribution is 2.31. The van der Waals surface area contributed by atoms with E-state index in [0.717, 1.165) is 16.5 Å². The molecule has 0 aliphatic rings. The molecule has 0 saturated heterocycles. The van der Waals surface area contributed by atoms with Crippen LogP contribution in [0.2, 0.25) is 0 Å². The minimum Gasteiger partial charge on any atom is -0.340 e. The maximum atomic E-state index is 12.6. The molecule has 4 nitrogen and oxygen atoms in total. The fourth-order valence-electron chi connectivity index (χ4n) is 3.27. The lowest BCUT2D eigenvalue weighted by Crippen LogP contribution is -2.17. The van der Waals surface area contributed by atoms with Gasteiger partial charge in [0.2, 0.25) is 0 Å². The zero-order valence-corrected chi connectivity index (χ0v) is 15.2. The summed E-state index contributed by atoms with van der Waals surface area (Å²) in [6.45, 7) is 6.51. The van der Waals surface area contributed by atoms with Gasteiger partial charge in [0, 0.05) is 23.3 Å². The Morgan fingerprint density at radius 3 is 2.50 bits per heavy atom. The highest BCUT2D eigenvalue weighted by molar-refractivity contribution is 5.94. The van der Waals surface area contributed by atoms with Crippen LogP contribution in [0.5, 0.6) is 0 Å². The van der Waals surface area contributed by atoms with E-state index in [1.165, 1.54) is 5.56 Å². The number of nitrogens with one attached hydrogen (secondary N) is 1. The summed E-state index contributed by atoms with van der Waals surface area (Å²) in [5.41, 5.74) is 2.70. The van der Waals surface area contributed by atoms with Crippen molar-refractivity contribution in [3.8, 4) is 0 Å². The number of rotatable bonds is 2. The zero-order chi connectivity index (χ0) is 18.3. The van der Waals surface area contributed by atoms with E-state index in [9.17, 15) is 4.79 Å². The van der Waals surface area contributed by atoms with Crippen molar-refractivity contribution in [1.29, 1.82) is 0 Å². The Hall–Kier alpha value is -3.14. The van der Waals surface area contributed by atoms with E-state index in [2.05, 4.69) is 32.2 Å². The molecule has 0 spiro atoms. The Balaban J connectivity index is 1.89. The fourth-order valence-corrected chi connectivity index (χ4v) is 3.27. The molecule has 0 saturated carbocycles. The molecule has 0 radical (unpaired) electrons. The van der Waals surface area contributed by atoms with Crippen molar-refractivity contribution in [3.63, 3.8) is 0 Å². The summed E-state index contributed by atoms with van der Waals surface area (Å²) in [4.78, 5) is 17.3. The second-order valence-electron chi connectivity index (χ2n) is 7.50. The summed E-state index contributed by atoms with van der Waals surface area (Å²) in [5, 5.41) is 5.37. The van der Waals surface area contributed by atoms with E-state index in [-0.39, 0.29) is 11.0 Å². The molecule has 1 N–H and O–H groups in total. The maximum absolute atomic E-state index is 12.6. The van der Waals surface area contributed by atoms with Gasteiger partial charge in [-0.2, -0.15) is 0 Å². The molecule has 0 bridgehead atoms. The number of hydrogen-bond acceptors (Lipinski definition) is 3. The number of hydrogen-bond donors (Lipinski definition) is 1. The molecule has 2 aromatic heterocycles. The zero-order valence-electron chi connectivity index (χ0n) is 15.2. The second-order valence-corrected chi connectivity index (χ2v) is 7.50. The van der Waals surface area contributed by atoms with Gasteiger partial charge in [0.15, 0.2) is 0 Å². The molecule has 0 atom stereocenters. The molecule has 130 valence electrons. The average Bonchev–Trinajstić information content (AvgIpc) is 2.61. The third kappa shape index (κ3) is 2.84. The van der Waals surface area contributed by atoms with Gasteiger partial charge in [-0.15, -0.1) is 0 Å². The van der Waals surface area contributed by atoms with Crippen LogP contribution in [0.15, 0.2) is 71.7 Å². The van der Waals surface area contributed by atoms with E-state index in [1.807, 2.05) is 48.5 Å². The average molecular weight is 343 g/mol. The fraction of sp³-hybridized carbons (Fsp3) is 0.182. The van der Waals surface area contributed by atoms with Crippen molar-refractivity contribution in [2.75, 3.05) is 5.32 Å².